The number of pyridine rings is 1. The van der Waals surface area contributed by atoms with Crippen LogP contribution in [-0.4, -0.2) is 93.2 Å². The van der Waals surface area contributed by atoms with E-state index in [-0.39, 0.29) is 31.2 Å². The number of halogens is 3. The molecule has 6 rings (SSSR count). The van der Waals surface area contributed by atoms with Crippen molar-refractivity contribution in [3.8, 4) is 11.6 Å². The lowest BCUT2D eigenvalue weighted by Crippen LogP contribution is -2.58. The number of nitrogens with zero attached hydrogens (tertiary/aromatic N) is 7. The smallest absolute Gasteiger partial charge is 0.341 e. The molecule has 1 unspecified atom stereocenters. The Morgan fingerprint density at radius 2 is 1.74 bits per heavy atom. The summed E-state index contributed by atoms with van der Waals surface area (Å²) < 4.78 is 55.0. The second-order valence-electron chi connectivity index (χ2n) is 10.7. The first-order valence-corrected chi connectivity index (χ1v) is 14.0. The molecule has 1 atom stereocenters. The highest BCUT2D eigenvalue weighted by Crippen LogP contribution is 2.32. The van der Waals surface area contributed by atoms with Crippen molar-refractivity contribution in [2.24, 2.45) is 5.10 Å². The maximum Gasteiger partial charge on any atom is 0.341 e. The van der Waals surface area contributed by atoms with Crippen LogP contribution in [0, 0.1) is 31.3 Å². The Hall–Kier alpha value is -4.46. The van der Waals surface area contributed by atoms with Crippen LogP contribution in [0.5, 0.6) is 5.75 Å². The van der Waals surface area contributed by atoms with Crippen LogP contribution in [0.1, 0.15) is 35.0 Å². The fourth-order valence-electron chi connectivity index (χ4n) is 5.48. The third-order valence-electron chi connectivity index (χ3n) is 7.86. The zero-order chi connectivity index (χ0) is 30.2. The molecule has 3 aromatic rings. The van der Waals surface area contributed by atoms with Gasteiger partial charge in [-0.15, -0.1) is 0 Å². The maximum atomic E-state index is 14.7. The molecule has 2 fully saturated rings. The second-order valence-corrected chi connectivity index (χ2v) is 10.7. The van der Waals surface area contributed by atoms with Crippen LogP contribution >= 0.6 is 0 Å². The molecule has 0 spiro atoms. The first kappa shape index (κ1) is 28.6. The van der Waals surface area contributed by atoms with Crippen LogP contribution in [0.15, 0.2) is 35.6 Å². The molecule has 5 heterocycles. The number of urea groups is 1. The van der Waals surface area contributed by atoms with Gasteiger partial charge in [0.15, 0.2) is 17.4 Å². The van der Waals surface area contributed by atoms with Gasteiger partial charge in [0.05, 0.1) is 50.7 Å². The van der Waals surface area contributed by atoms with Crippen LogP contribution < -0.4 is 4.74 Å². The number of hydrogen-bond donors (Lipinski definition) is 0. The normalized spacial score (nSPS) is 18.7. The van der Waals surface area contributed by atoms with Crippen LogP contribution in [0.4, 0.5) is 18.0 Å². The molecule has 3 aliphatic heterocycles. The molecule has 2 aromatic heterocycles. The van der Waals surface area contributed by atoms with Gasteiger partial charge in [-0.25, -0.2) is 32.6 Å². The van der Waals surface area contributed by atoms with Crippen molar-refractivity contribution in [3.05, 3.63) is 70.4 Å². The Bertz CT molecular complexity index is 1560. The van der Waals surface area contributed by atoms with Gasteiger partial charge in [0.2, 0.25) is 5.91 Å². The molecule has 226 valence electrons. The summed E-state index contributed by atoms with van der Waals surface area (Å²) in [6, 6.07) is 3.50. The van der Waals surface area contributed by atoms with E-state index in [4.69, 9.17) is 9.47 Å². The van der Waals surface area contributed by atoms with Crippen molar-refractivity contribution in [1.82, 2.24) is 29.6 Å². The van der Waals surface area contributed by atoms with Crippen molar-refractivity contribution in [2.75, 3.05) is 39.4 Å². The Labute approximate surface area is 245 Å². The van der Waals surface area contributed by atoms with Crippen molar-refractivity contribution in [3.63, 3.8) is 0 Å². The number of rotatable bonds is 6. The number of morpholine rings is 1. The summed E-state index contributed by atoms with van der Waals surface area (Å²) in [5.41, 5.74) is 2.47. The molecule has 0 aliphatic carbocycles. The average Bonchev–Trinajstić information content (AvgIpc) is 3.56. The van der Waals surface area contributed by atoms with Crippen LogP contribution in [0.25, 0.3) is 5.82 Å². The fraction of sp³-hybridized carbons (Fsp3) is 0.414. The van der Waals surface area contributed by atoms with Gasteiger partial charge in [0, 0.05) is 49.1 Å². The van der Waals surface area contributed by atoms with E-state index in [1.54, 1.807) is 9.58 Å². The maximum absolute atomic E-state index is 14.7. The minimum atomic E-state index is -0.733. The van der Waals surface area contributed by atoms with Crippen molar-refractivity contribution in [2.45, 2.75) is 38.8 Å². The summed E-state index contributed by atoms with van der Waals surface area (Å²) in [6.45, 7) is 6.10. The minimum Gasteiger partial charge on any atom is -0.483 e. The summed E-state index contributed by atoms with van der Waals surface area (Å²) >= 11 is 0. The van der Waals surface area contributed by atoms with Gasteiger partial charge in [-0.1, -0.05) is 0 Å². The Morgan fingerprint density at radius 1 is 1.02 bits per heavy atom. The predicted octanol–water partition coefficient (Wildman–Crippen LogP) is 3.32. The van der Waals surface area contributed by atoms with Crippen LogP contribution in [0.2, 0.25) is 0 Å². The molecule has 43 heavy (non-hydrogen) atoms. The molecule has 0 saturated carbocycles. The molecule has 3 aliphatic rings. The first-order chi connectivity index (χ1) is 20.7. The van der Waals surface area contributed by atoms with E-state index in [1.807, 2.05) is 13.8 Å². The van der Waals surface area contributed by atoms with Crippen molar-refractivity contribution >= 4 is 18.2 Å². The summed E-state index contributed by atoms with van der Waals surface area (Å²) in [5.74, 6) is -1.87. The molecule has 0 bridgehead atoms. The summed E-state index contributed by atoms with van der Waals surface area (Å²) in [7, 11) is 0. The van der Waals surface area contributed by atoms with E-state index < -0.39 is 35.6 Å². The highest BCUT2D eigenvalue weighted by atomic mass is 19.1. The number of carbonyl (C=O) groups excluding carboxylic acids is 2. The van der Waals surface area contributed by atoms with Gasteiger partial charge < -0.3 is 19.3 Å². The van der Waals surface area contributed by atoms with E-state index in [1.165, 1.54) is 34.3 Å². The van der Waals surface area contributed by atoms with Crippen molar-refractivity contribution in [1.29, 1.82) is 0 Å². The third-order valence-corrected chi connectivity index (χ3v) is 7.86. The molecule has 1 aromatic carbocycles. The van der Waals surface area contributed by atoms with E-state index >= 15 is 0 Å². The second kappa shape index (κ2) is 11.7. The van der Waals surface area contributed by atoms with Gasteiger partial charge in [0.25, 0.3) is 0 Å². The molecule has 11 nitrogen and oxygen atoms in total. The number of aromatic nitrogens is 3. The molecular formula is C29H30F3N7O4. The highest BCUT2D eigenvalue weighted by molar-refractivity contribution is 5.80. The largest absolute Gasteiger partial charge is 0.483 e. The summed E-state index contributed by atoms with van der Waals surface area (Å²) in [4.78, 5) is 33.4. The van der Waals surface area contributed by atoms with E-state index in [0.717, 1.165) is 17.8 Å². The van der Waals surface area contributed by atoms with Gasteiger partial charge in [-0.3, -0.25) is 4.79 Å². The SMILES string of the molecule is Cc1nn(-c2cc(OC3CN(C(=O)N4N=CCC4c4cc(F)cc(F)c4)C3)c(F)cn2)c(C)c1CC(=O)N1CCOCC1. The third kappa shape index (κ3) is 5.78. The van der Waals surface area contributed by atoms with Gasteiger partial charge in [0.1, 0.15) is 17.7 Å². The number of carbonyl (C=O) groups is 2. The average molecular weight is 598 g/mol. The van der Waals surface area contributed by atoms with E-state index in [2.05, 4.69) is 15.2 Å². The zero-order valence-electron chi connectivity index (χ0n) is 23.7. The van der Waals surface area contributed by atoms with Gasteiger partial charge in [-0.2, -0.15) is 10.2 Å². The monoisotopic (exact) mass is 597 g/mol. The number of aryl methyl sites for hydroxylation is 1. The van der Waals surface area contributed by atoms with E-state index in [9.17, 15) is 22.8 Å². The molecular weight excluding hydrogens is 567 g/mol. The highest BCUT2D eigenvalue weighted by Gasteiger charge is 2.39. The Kier molecular flexibility index (Phi) is 7.77. The topological polar surface area (TPSA) is 105 Å². The minimum absolute atomic E-state index is 0.0109. The predicted molar refractivity (Wildman–Crippen MR) is 147 cm³/mol. The molecule has 14 heteroatoms. The number of likely N-dealkylation sites (tertiary alicyclic amines) is 1. The summed E-state index contributed by atoms with van der Waals surface area (Å²) in [5, 5.41) is 9.85. The number of benzene rings is 1. The zero-order valence-corrected chi connectivity index (χ0v) is 23.7. The Morgan fingerprint density at radius 3 is 2.47 bits per heavy atom. The first-order valence-electron chi connectivity index (χ1n) is 14.0. The standard InChI is InChI=1S/C29H30F3N7O4/c1-17-23(12-28(40)36-5-7-42-8-6-36)18(2)38(35-17)27-13-26(24(32)14-33-27)43-22-15-37(16-22)29(41)39-25(3-4-34-39)19-9-20(30)11-21(31)10-19/h4,9-11,13-14,22,25H,3,5-8,12,15-16H2,1-2H3. The van der Waals surface area contributed by atoms with Gasteiger partial charge in [-0.05, 0) is 31.5 Å². The van der Waals surface area contributed by atoms with Crippen molar-refractivity contribution < 1.29 is 32.2 Å². The molecule has 0 radical (unpaired) electrons. The lowest BCUT2D eigenvalue weighted by Gasteiger charge is -2.41. The molecule has 2 saturated heterocycles. The number of hydrogen-bond acceptors (Lipinski definition) is 7. The van der Waals surface area contributed by atoms with Crippen LogP contribution in [-0.2, 0) is 16.0 Å². The Balaban J connectivity index is 1.10. The van der Waals surface area contributed by atoms with Gasteiger partial charge >= 0.3 is 6.03 Å². The van der Waals surface area contributed by atoms with Crippen LogP contribution in [0.3, 0.4) is 0 Å². The lowest BCUT2D eigenvalue weighted by molar-refractivity contribution is -0.134. The molecule has 0 N–H and O–H groups in total. The number of amides is 3. The quantitative estimate of drug-likeness (QED) is 0.432. The summed E-state index contributed by atoms with van der Waals surface area (Å²) in [6.07, 6.45) is 2.58. The lowest BCUT2D eigenvalue weighted by atomic mass is 10.0. The fourth-order valence-corrected chi connectivity index (χ4v) is 5.48. The number of ether oxygens (including phenoxy) is 2. The molecule has 3 amide bonds. The van der Waals surface area contributed by atoms with E-state index in [0.29, 0.717) is 55.5 Å². The number of hydrazone groups is 1.